The highest BCUT2D eigenvalue weighted by Gasteiger charge is 2.49. The first-order valence-electron chi connectivity index (χ1n) is 14.5. The molecule has 0 saturated carbocycles. The number of alkyl carbamates (subject to hydrolysis) is 1. The Bertz CT molecular complexity index is 1490. The number of rotatable bonds is 14. The number of carbonyl (C=O) groups is 2. The number of benzene rings is 2. The van der Waals surface area contributed by atoms with Crippen LogP contribution in [0.25, 0.3) is 0 Å². The predicted molar refractivity (Wildman–Crippen MR) is 169 cm³/mol. The second-order valence-corrected chi connectivity index (χ2v) is 17.4. The minimum atomic E-state index is -3.85. The fraction of sp³-hybridized carbons (Fsp3) is 0.548. The Morgan fingerprint density at radius 2 is 1.45 bits per heavy atom. The number of hydrogen-bond acceptors (Lipinski definition) is 8. The monoisotopic (exact) mass is 651 g/mol. The summed E-state index contributed by atoms with van der Waals surface area (Å²) in [7, 11) is -5.86. The second-order valence-electron chi connectivity index (χ2n) is 12.7. The van der Waals surface area contributed by atoms with Crippen molar-refractivity contribution >= 4 is 31.9 Å². The first kappa shape index (κ1) is 35.5. The van der Waals surface area contributed by atoms with Crippen LogP contribution in [0, 0.1) is 0 Å². The van der Waals surface area contributed by atoms with E-state index in [1.807, 2.05) is 57.2 Å². The number of sulfone groups is 1. The topological polar surface area (TPSA) is 151 Å². The highest BCUT2D eigenvalue weighted by atomic mass is 32.2. The quantitative estimate of drug-likeness (QED) is 0.296. The van der Waals surface area contributed by atoms with Gasteiger partial charge >= 0.3 is 6.09 Å². The fourth-order valence-corrected chi connectivity index (χ4v) is 6.83. The molecule has 0 bridgehead atoms. The van der Waals surface area contributed by atoms with Crippen LogP contribution in [0.15, 0.2) is 60.7 Å². The molecule has 1 fully saturated rings. The summed E-state index contributed by atoms with van der Waals surface area (Å²) in [4.78, 5) is 26.6. The maximum absolute atomic E-state index is 13.8. The Hall–Kier alpha value is -3.00. The van der Waals surface area contributed by atoms with E-state index in [0.29, 0.717) is 6.42 Å². The van der Waals surface area contributed by atoms with Gasteiger partial charge in [-0.3, -0.25) is 4.79 Å². The van der Waals surface area contributed by atoms with Gasteiger partial charge in [0.2, 0.25) is 15.9 Å². The summed E-state index contributed by atoms with van der Waals surface area (Å²) in [6.45, 7) is 8.10. The molecule has 0 spiro atoms. The minimum absolute atomic E-state index is 0.0676. The lowest BCUT2D eigenvalue weighted by atomic mass is 9.98. The van der Waals surface area contributed by atoms with Gasteiger partial charge in [0.1, 0.15) is 18.8 Å². The number of sulfonamides is 1. The third-order valence-electron chi connectivity index (χ3n) is 8.05. The van der Waals surface area contributed by atoms with E-state index in [1.54, 1.807) is 31.3 Å². The molecule has 244 valence electrons. The number of ether oxygens (including phenoxy) is 2. The van der Waals surface area contributed by atoms with Gasteiger partial charge < -0.3 is 20.1 Å². The molecule has 11 nitrogen and oxygen atoms in total. The van der Waals surface area contributed by atoms with Crippen molar-refractivity contribution in [2.75, 3.05) is 19.1 Å². The molecule has 1 heterocycles. The van der Waals surface area contributed by atoms with E-state index in [-0.39, 0.29) is 18.8 Å². The van der Waals surface area contributed by atoms with Gasteiger partial charge in [-0.05, 0) is 58.6 Å². The number of hydrogen-bond donors (Lipinski definition) is 2. The molecule has 0 aliphatic carbocycles. The summed E-state index contributed by atoms with van der Waals surface area (Å²) in [5, 5.41) is 5.37. The first-order valence-corrected chi connectivity index (χ1v) is 18.0. The van der Waals surface area contributed by atoms with Crippen molar-refractivity contribution in [1.29, 1.82) is 0 Å². The number of amides is 2. The zero-order valence-electron chi connectivity index (χ0n) is 26.4. The third kappa shape index (κ3) is 9.50. The van der Waals surface area contributed by atoms with E-state index >= 15 is 0 Å². The fourth-order valence-electron chi connectivity index (χ4n) is 4.60. The second kappa shape index (κ2) is 14.0. The van der Waals surface area contributed by atoms with Crippen LogP contribution in [-0.2, 0) is 47.2 Å². The summed E-state index contributed by atoms with van der Waals surface area (Å²) >= 11 is 0. The van der Waals surface area contributed by atoms with Crippen molar-refractivity contribution in [3.63, 3.8) is 0 Å². The average molecular weight is 652 g/mol. The van der Waals surface area contributed by atoms with Crippen LogP contribution in [-0.4, -0.2) is 86.8 Å². The van der Waals surface area contributed by atoms with Crippen LogP contribution in [0.5, 0.6) is 0 Å². The lowest BCUT2D eigenvalue weighted by molar-refractivity contribution is -0.124. The molecular formula is C31H45N3O8S2. The minimum Gasteiger partial charge on any atom is -0.445 e. The maximum atomic E-state index is 13.8. The van der Waals surface area contributed by atoms with E-state index < -0.39 is 66.4 Å². The molecule has 0 unspecified atom stereocenters. The van der Waals surface area contributed by atoms with Crippen LogP contribution in [0.3, 0.4) is 0 Å². The van der Waals surface area contributed by atoms with Gasteiger partial charge in [-0.1, -0.05) is 60.7 Å². The van der Waals surface area contributed by atoms with E-state index in [1.165, 1.54) is 18.2 Å². The summed E-state index contributed by atoms with van der Waals surface area (Å²) in [5.74, 6) is -0.862. The number of carbonyl (C=O) groups excluding carboxylic acids is 2. The van der Waals surface area contributed by atoms with Gasteiger partial charge in [0.25, 0.3) is 0 Å². The Labute approximate surface area is 261 Å². The summed E-state index contributed by atoms with van der Waals surface area (Å²) < 4.78 is 62.1. The Morgan fingerprint density at radius 1 is 0.909 bits per heavy atom. The summed E-state index contributed by atoms with van der Waals surface area (Å²) in [6, 6.07) is 16.2. The number of nitrogens with one attached hydrogen (secondary N) is 2. The molecule has 3 rings (SSSR count). The molecule has 2 aromatic carbocycles. The van der Waals surface area contributed by atoms with Crippen molar-refractivity contribution in [2.45, 2.75) is 88.6 Å². The molecule has 1 aliphatic rings. The zero-order chi connectivity index (χ0) is 32.9. The molecule has 1 saturated heterocycles. The largest absolute Gasteiger partial charge is 0.445 e. The Morgan fingerprint density at radius 3 is 1.98 bits per heavy atom. The SMILES string of the molecule is CN(C(C)(C)C)S(=O)(=O)CC[C@@H]1O[C@@H]1[C@H](Cc1ccccc1)NC(=O)[C@@H](NC(=O)OCc1ccccc1)C(C)(C)S(C)(=O)=O. The predicted octanol–water partition coefficient (Wildman–Crippen LogP) is 3.05. The van der Waals surface area contributed by atoms with Gasteiger partial charge in [-0.2, -0.15) is 4.31 Å². The van der Waals surface area contributed by atoms with Gasteiger partial charge in [-0.15, -0.1) is 0 Å². The molecule has 0 aromatic heterocycles. The lowest BCUT2D eigenvalue weighted by Gasteiger charge is -2.33. The maximum Gasteiger partial charge on any atom is 0.408 e. The zero-order valence-corrected chi connectivity index (χ0v) is 28.1. The molecule has 4 atom stereocenters. The van der Waals surface area contributed by atoms with Gasteiger partial charge in [0, 0.05) is 18.8 Å². The highest BCUT2D eigenvalue weighted by Crippen LogP contribution is 2.32. The first-order chi connectivity index (χ1) is 20.3. The van der Waals surface area contributed by atoms with Gasteiger partial charge in [-0.25, -0.2) is 21.6 Å². The van der Waals surface area contributed by atoms with E-state index in [9.17, 15) is 26.4 Å². The summed E-state index contributed by atoms with van der Waals surface area (Å²) in [5.41, 5.74) is 1.03. The Balaban J connectivity index is 1.78. The van der Waals surface area contributed by atoms with E-state index in [2.05, 4.69) is 10.6 Å². The standard InChI is InChI=1S/C31H45N3O8S2/c1-30(2,3)34(6)44(39,40)19-18-25-26(42-25)24(20-22-14-10-8-11-15-22)32-28(35)27(31(4,5)43(7,37)38)33-29(36)41-21-23-16-12-9-13-17-23/h8-17,24-27H,18-21H2,1-7H3,(H,32,35)(H,33,36)/t24-,25-,26+,27+/m0/s1. The van der Waals surface area contributed by atoms with Crippen molar-refractivity contribution in [1.82, 2.24) is 14.9 Å². The van der Waals surface area contributed by atoms with Crippen molar-refractivity contribution in [2.24, 2.45) is 0 Å². The van der Waals surface area contributed by atoms with Crippen molar-refractivity contribution in [3.8, 4) is 0 Å². The molecule has 1 aliphatic heterocycles. The molecule has 13 heteroatoms. The smallest absolute Gasteiger partial charge is 0.408 e. The number of nitrogens with zero attached hydrogens (tertiary/aromatic N) is 1. The number of epoxide rings is 1. The molecule has 2 aromatic rings. The van der Waals surface area contributed by atoms with Crippen LogP contribution in [0.1, 0.15) is 52.2 Å². The molecular weight excluding hydrogens is 606 g/mol. The average Bonchev–Trinajstić information content (AvgIpc) is 3.73. The molecule has 2 amide bonds. The van der Waals surface area contributed by atoms with Gasteiger partial charge in [0.05, 0.1) is 22.6 Å². The molecule has 2 N–H and O–H groups in total. The van der Waals surface area contributed by atoms with Crippen LogP contribution >= 0.6 is 0 Å². The molecule has 0 radical (unpaired) electrons. The molecule has 44 heavy (non-hydrogen) atoms. The van der Waals surface area contributed by atoms with Crippen molar-refractivity contribution < 1.29 is 35.9 Å². The van der Waals surface area contributed by atoms with Crippen LogP contribution in [0.2, 0.25) is 0 Å². The van der Waals surface area contributed by atoms with Crippen LogP contribution in [0.4, 0.5) is 4.79 Å². The highest BCUT2D eigenvalue weighted by molar-refractivity contribution is 7.92. The normalized spacial score (nSPS) is 18.7. The third-order valence-corrected chi connectivity index (χ3v) is 12.3. The van der Waals surface area contributed by atoms with E-state index in [4.69, 9.17) is 9.47 Å². The van der Waals surface area contributed by atoms with Crippen LogP contribution < -0.4 is 10.6 Å². The lowest BCUT2D eigenvalue weighted by Crippen LogP contribution is -2.62. The van der Waals surface area contributed by atoms with Gasteiger partial charge in [0.15, 0.2) is 9.84 Å². The van der Waals surface area contributed by atoms with E-state index in [0.717, 1.165) is 17.4 Å². The summed E-state index contributed by atoms with van der Waals surface area (Å²) in [6.07, 6.45) is -0.331. The Kier molecular flexibility index (Phi) is 11.3. The van der Waals surface area contributed by atoms with Crippen molar-refractivity contribution in [3.05, 3.63) is 71.8 Å².